The zero-order valence-electron chi connectivity index (χ0n) is 22.9. The molecule has 1 aliphatic rings. The minimum absolute atomic E-state index is 0.0926. The maximum atomic E-state index is 13.6. The normalized spacial score (nSPS) is 19.4. The van der Waals surface area contributed by atoms with Crippen molar-refractivity contribution >= 4 is 23.6 Å². The van der Waals surface area contributed by atoms with Gasteiger partial charge in [0.2, 0.25) is 11.8 Å². The van der Waals surface area contributed by atoms with Crippen LogP contribution in [0, 0.1) is 5.92 Å². The SMILES string of the molecule is CC(C)[C@H]1NC(=O)c2cncc(c2)CCCNC(=O)CN(C(=O)c2ccc[nH]2)C[C@@H](Cc2ccccc2)NC1=O. The van der Waals surface area contributed by atoms with Crippen molar-refractivity contribution in [1.82, 2.24) is 30.8 Å². The molecule has 10 heteroatoms. The summed E-state index contributed by atoms with van der Waals surface area (Å²) in [6, 6.07) is 13.4. The quantitative estimate of drug-likeness (QED) is 0.399. The molecule has 0 unspecified atom stereocenters. The van der Waals surface area contributed by atoms with Gasteiger partial charge in [-0.3, -0.25) is 24.2 Å². The lowest BCUT2D eigenvalue weighted by molar-refractivity contribution is -0.124. The van der Waals surface area contributed by atoms with E-state index >= 15 is 0 Å². The number of aromatic amines is 1. The third-order valence-electron chi connectivity index (χ3n) is 6.82. The van der Waals surface area contributed by atoms with Gasteiger partial charge in [0.05, 0.1) is 18.2 Å². The van der Waals surface area contributed by atoms with Crippen LogP contribution >= 0.6 is 0 Å². The summed E-state index contributed by atoms with van der Waals surface area (Å²) in [5.74, 6) is -1.60. The molecule has 0 saturated carbocycles. The monoisotopic (exact) mass is 544 g/mol. The van der Waals surface area contributed by atoms with Gasteiger partial charge in [-0.25, -0.2) is 0 Å². The summed E-state index contributed by atoms with van der Waals surface area (Å²) in [5, 5.41) is 8.82. The molecule has 3 aromatic rings. The van der Waals surface area contributed by atoms with E-state index in [2.05, 4.69) is 25.9 Å². The van der Waals surface area contributed by atoms with Gasteiger partial charge in [-0.05, 0) is 54.5 Å². The lowest BCUT2D eigenvalue weighted by atomic mass is 10.0. The molecule has 0 aliphatic carbocycles. The number of nitrogens with zero attached hydrogens (tertiary/aromatic N) is 2. The number of carbonyl (C=O) groups is 4. The Balaban J connectivity index is 1.66. The highest BCUT2D eigenvalue weighted by atomic mass is 16.2. The van der Waals surface area contributed by atoms with Gasteiger partial charge >= 0.3 is 0 Å². The molecule has 40 heavy (non-hydrogen) atoms. The molecule has 4 rings (SSSR count). The standard InChI is InChI=1S/C30H36N6O4/c1-20(2)27-29(39)34-24(15-21-8-4-3-5-9-21)18-36(30(40)25-11-7-12-32-25)19-26(37)33-13-6-10-22-14-23(17-31-16-22)28(38)35-27/h3-5,7-9,11-12,14,16-17,20,24,27,32H,6,10,13,15,18-19H2,1-2H3,(H,33,37)(H,34,39)(H,35,38)/t24-,27-/m1/s1. The Hall–Kier alpha value is -4.47. The Morgan fingerprint density at radius 2 is 1.85 bits per heavy atom. The van der Waals surface area contributed by atoms with Crippen LogP contribution < -0.4 is 16.0 Å². The number of rotatable bonds is 4. The third kappa shape index (κ3) is 7.78. The first kappa shape index (κ1) is 28.5. The zero-order valence-corrected chi connectivity index (χ0v) is 22.9. The number of amides is 4. The number of H-pyrrole nitrogens is 1. The van der Waals surface area contributed by atoms with Crippen molar-refractivity contribution in [2.24, 2.45) is 5.92 Å². The number of pyridine rings is 1. The second kappa shape index (κ2) is 13.5. The largest absolute Gasteiger partial charge is 0.357 e. The van der Waals surface area contributed by atoms with Crippen LogP contribution in [0.15, 0.2) is 67.1 Å². The second-order valence-corrected chi connectivity index (χ2v) is 10.4. The van der Waals surface area contributed by atoms with E-state index in [0.717, 1.165) is 11.1 Å². The second-order valence-electron chi connectivity index (χ2n) is 10.4. The van der Waals surface area contributed by atoms with Crippen LogP contribution in [0.2, 0.25) is 0 Å². The summed E-state index contributed by atoms with van der Waals surface area (Å²) in [6.45, 7) is 4.05. The fraction of sp³-hybridized carbons (Fsp3) is 0.367. The number of hydrogen-bond donors (Lipinski definition) is 4. The van der Waals surface area contributed by atoms with Gasteiger partial charge in [0.15, 0.2) is 0 Å². The molecule has 0 fully saturated rings. The molecule has 210 valence electrons. The van der Waals surface area contributed by atoms with Crippen molar-refractivity contribution in [2.45, 2.75) is 45.2 Å². The van der Waals surface area contributed by atoms with Crippen LogP contribution in [0.5, 0.6) is 0 Å². The first-order valence-corrected chi connectivity index (χ1v) is 13.6. The van der Waals surface area contributed by atoms with E-state index in [1.54, 1.807) is 30.6 Å². The first-order chi connectivity index (χ1) is 19.3. The molecule has 0 spiro atoms. The summed E-state index contributed by atoms with van der Waals surface area (Å²) in [7, 11) is 0. The van der Waals surface area contributed by atoms with E-state index in [1.807, 2.05) is 44.2 Å². The summed E-state index contributed by atoms with van der Waals surface area (Å²) < 4.78 is 0. The number of hydrogen-bond acceptors (Lipinski definition) is 5. The Kier molecular flexibility index (Phi) is 9.66. The molecule has 2 atom stereocenters. The van der Waals surface area contributed by atoms with Crippen LogP contribution in [0.3, 0.4) is 0 Å². The molecule has 0 radical (unpaired) electrons. The van der Waals surface area contributed by atoms with Crippen LogP contribution in [-0.2, 0) is 22.4 Å². The average Bonchev–Trinajstić information content (AvgIpc) is 3.48. The summed E-state index contributed by atoms with van der Waals surface area (Å²) in [6.07, 6.45) is 6.47. The van der Waals surface area contributed by atoms with E-state index in [-0.39, 0.29) is 42.6 Å². The molecule has 0 saturated heterocycles. The molecule has 2 aromatic heterocycles. The van der Waals surface area contributed by atoms with Crippen LogP contribution in [0.1, 0.15) is 52.2 Å². The first-order valence-electron chi connectivity index (χ1n) is 13.6. The van der Waals surface area contributed by atoms with Crippen LogP contribution in [0.25, 0.3) is 0 Å². The Bertz CT molecular complexity index is 1310. The van der Waals surface area contributed by atoms with Gasteiger partial charge in [0.25, 0.3) is 11.8 Å². The Labute approximate surface area is 233 Å². The highest BCUT2D eigenvalue weighted by Gasteiger charge is 2.29. The summed E-state index contributed by atoms with van der Waals surface area (Å²) >= 11 is 0. The number of benzene rings is 1. The van der Waals surface area contributed by atoms with Gasteiger partial charge in [0.1, 0.15) is 11.7 Å². The lowest BCUT2D eigenvalue weighted by Crippen LogP contribution is -2.55. The molecule has 4 N–H and O–H groups in total. The predicted octanol–water partition coefficient (Wildman–Crippen LogP) is 2.10. The minimum atomic E-state index is -0.819. The maximum Gasteiger partial charge on any atom is 0.270 e. The van der Waals surface area contributed by atoms with Crippen molar-refractivity contribution < 1.29 is 19.2 Å². The molecule has 2 bridgehead atoms. The van der Waals surface area contributed by atoms with Gasteiger partial charge < -0.3 is 25.8 Å². The molecular formula is C30H36N6O4. The van der Waals surface area contributed by atoms with E-state index in [0.29, 0.717) is 37.1 Å². The number of nitrogens with one attached hydrogen (secondary N) is 4. The molecule has 4 amide bonds. The van der Waals surface area contributed by atoms with Crippen LogP contribution in [-0.4, -0.2) is 70.2 Å². The van der Waals surface area contributed by atoms with Gasteiger partial charge in [-0.2, -0.15) is 0 Å². The minimum Gasteiger partial charge on any atom is -0.357 e. The van der Waals surface area contributed by atoms with E-state index < -0.39 is 12.1 Å². The van der Waals surface area contributed by atoms with Crippen LogP contribution in [0.4, 0.5) is 0 Å². The fourth-order valence-electron chi connectivity index (χ4n) is 4.73. The van der Waals surface area contributed by atoms with E-state index in [9.17, 15) is 19.2 Å². The van der Waals surface area contributed by atoms with Gasteiger partial charge in [-0.1, -0.05) is 44.2 Å². The topological polar surface area (TPSA) is 136 Å². The Morgan fingerprint density at radius 1 is 1.05 bits per heavy atom. The van der Waals surface area contributed by atoms with Crippen molar-refractivity contribution in [1.29, 1.82) is 0 Å². The zero-order chi connectivity index (χ0) is 28.5. The predicted molar refractivity (Wildman–Crippen MR) is 150 cm³/mol. The summed E-state index contributed by atoms with van der Waals surface area (Å²) in [5.41, 5.74) is 2.53. The van der Waals surface area contributed by atoms with E-state index in [4.69, 9.17) is 0 Å². The van der Waals surface area contributed by atoms with Crippen molar-refractivity contribution in [3.63, 3.8) is 0 Å². The number of aryl methyl sites for hydroxylation is 1. The maximum absolute atomic E-state index is 13.6. The Morgan fingerprint density at radius 3 is 2.58 bits per heavy atom. The van der Waals surface area contributed by atoms with Crippen molar-refractivity contribution in [3.05, 3.63) is 89.5 Å². The molecule has 1 aliphatic heterocycles. The third-order valence-corrected chi connectivity index (χ3v) is 6.82. The molecule has 3 heterocycles. The molecular weight excluding hydrogens is 508 g/mol. The fourth-order valence-corrected chi connectivity index (χ4v) is 4.73. The molecule has 1 aromatic carbocycles. The number of aromatic nitrogens is 2. The highest BCUT2D eigenvalue weighted by molar-refractivity contribution is 5.98. The van der Waals surface area contributed by atoms with Gasteiger partial charge in [0, 0.05) is 31.7 Å². The summed E-state index contributed by atoms with van der Waals surface area (Å²) in [4.78, 5) is 61.7. The van der Waals surface area contributed by atoms with E-state index in [1.165, 1.54) is 11.1 Å². The lowest BCUT2D eigenvalue weighted by Gasteiger charge is -2.30. The number of fused-ring (bicyclic) bond motifs is 2. The van der Waals surface area contributed by atoms with Crippen molar-refractivity contribution in [2.75, 3.05) is 19.6 Å². The van der Waals surface area contributed by atoms with Crippen molar-refractivity contribution in [3.8, 4) is 0 Å². The molecule has 10 nitrogen and oxygen atoms in total. The number of carbonyl (C=O) groups excluding carboxylic acids is 4. The average molecular weight is 545 g/mol. The van der Waals surface area contributed by atoms with Gasteiger partial charge in [-0.15, -0.1) is 0 Å². The smallest absolute Gasteiger partial charge is 0.270 e. The highest BCUT2D eigenvalue weighted by Crippen LogP contribution is 2.12.